The number of nitrogens with one attached hydrogen (secondary N) is 2. The number of hydrogen-bond donors (Lipinski definition) is 2. The topological polar surface area (TPSA) is 79.8 Å². The maximum atomic E-state index is 10.9. The van der Waals surface area contributed by atoms with Crippen molar-refractivity contribution in [2.45, 2.75) is 19.8 Å². The standard InChI is InChI=1S/C13H29N3O3S2.HI/c1-4-14-13(15-7-5-6-11-20-2)16-8-9-19-10-12-21(3,17)18;/h4-12H2,1-3H3,(H2,14,15,16);1H. The van der Waals surface area contributed by atoms with Gasteiger partial charge in [-0.15, -0.1) is 24.0 Å². The van der Waals surface area contributed by atoms with Gasteiger partial charge in [-0.3, -0.25) is 4.99 Å². The number of ether oxygens (including phenoxy) is 1. The predicted molar refractivity (Wildman–Crippen MR) is 108 cm³/mol. The summed E-state index contributed by atoms with van der Waals surface area (Å²) < 4.78 is 27.1. The molecule has 0 spiro atoms. The van der Waals surface area contributed by atoms with E-state index in [9.17, 15) is 8.42 Å². The number of hydrogen-bond acceptors (Lipinski definition) is 5. The first-order chi connectivity index (χ1) is 9.99. The highest BCUT2D eigenvalue weighted by Crippen LogP contribution is 1.98. The van der Waals surface area contributed by atoms with Gasteiger partial charge in [-0.2, -0.15) is 11.8 Å². The first kappa shape index (κ1) is 24.5. The molecule has 0 heterocycles. The minimum atomic E-state index is -2.94. The van der Waals surface area contributed by atoms with E-state index in [-0.39, 0.29) is 36.3 Å². The van der Waals surface area contributed by atoms with Crippen molar-refractivity contribution in [3.63, 3.8) is 0 Å². The normalized spacial score (nSPS) is 11.9. The van der Waals surface area contributed by atoms with Gasteiger partial charge in [-0.1, -0.05) is 0 Å². The molecule has 22 heavy (non-hydrogen) atoms. The Morgan fingerprint density at radius 1 is 1.23 bits per heavy atom. The van der Waals surface area contributed by atoms with Crippen molar-refractivity contribution < 1.29 is 13.2 Å². The van der Waals surface area contributed by atoms with Gasteiger partial charge in [0.2, 0.25) is 0 Å². The highest BCUT2D eigenvalue weighted by Gasteiger charge is 2.01. The Bertz CT molecular complexity index is 379. The highest BCUT2D eigenvalue weighted by atomic mass is 127. The molecule has 0 fully saturated rings. The van der Waals surface area contributed by atoms with Crippen molar-refractivity contribution in [3.8, 4) is 0 Å². The van der Waals surface area contributed by atoms with Gasteiger partial charge in [-0.25, -0.2) is 8.42 Å². The number of sulfone groups is 1. The minimum Gasteiger partial charge on any atom is -0.379 e. The lowest BCUT2D eigenvalue weighted by atomic mass is 10.3. The fraction of sp³-hybridized carbons (Fsp3) is 0.923. The van der Waals surface area contributed by atoms with Crippen LogP contribution in [0.25, 0.3) is 0 Å². The predicted octanol–water partition coefficient (Wildman–Crippen LogP) is 1.36. The first-order valence-electron chi connectivity index (χ1n) is 7.26. The summed E-state index contributed by atoms with van der Waals surface area (Å²) in [5.41, 5.74) is 0. The van der Waals surface area contributed by atoms with E-state index in [4.69, 9.17) is 4.74 Å². The van der Waals surface area contributed by atoms with Crippen molar-refractivity contribution in [1.82, 2.24) is 10.6 Å². The first-order valence-corrected chi connectivity index (χ1v) is 10.7. The Kier molecular flexibility index (Phi) is 18.0. The molecular formula is C13H30IN3O3S2. The molecule has 0 unspecified atom stereocenters. The van der Waals surface area contributed by atoms with Crippen LogP contribution >= 0.6 is 35.7 Å². The van der Waals surface area contributed by atoms with Crippen LogP contribution < -0.4 is 10.6 Å². The molecule has 134 valence electrons. The Hall–Kier alpha value is 0.260. The zero-order valence-corrected chi connectivity index (χ0v) is 17.7. The fourth-order valence-corrected chi connectivity index (χ4v) is 2.36. The smallest absolute Gasteiger partial charge is 0.191 e. The van der Waals surface area contributed by atoms with Crippen LogP contribution in [0.1, 0.15) is 19.8 Å². The molecule has 0 saturated heterocycles. The summed E-state index contributed by atoms with van der Waals surface area (Å²) in [6.45, 7) is 4.96. The summed E-state index contributed by atoms with van der Waals surface area (Å²) in [6.07, 6.45) is 5.58. The molecule has 0 aromatic carbocycles. The Morgan fingerprint density at radius 3 is 2.55 bits per heavy atom. The van der Waals surface area contributed by atoms with Crippen LogP contribution in [-0.2, 0) is 14.6 Å². The Morgan fingerprint density at radius 2 is 1.95 bits per heavy atom. The van der Waals surface area contributed by atoms with E-state index in [1.807, 2.05) is 18.7 Å². The van der Waals surface area contributed by atoms with Gasteiger partial charge in [0.1, 0.15) is 9.84 Å². The SMILES string of the molecule is CCNC(=NCCCCSC)NCCOCCS(C)(=O)=O.I. The molecule has 0 aromatic rings. The number of halogens is 1. The van der Waals surface area contributed by atoms with Crippen LogP contribution in [0.15, 0.2) is 4.99 Å². The van der Waals surface area contributed by atoms with Gasteiger partial charge < -0.3 is 15.4 Å². The Labute approximate surface area is 156 Å². The van der Waals surface area contributed by atoms with Gasteiger partial charge in [0.25, 0.3) is 0 Å². The summed E-state index contributed by atoms with van der Waals surface area (Å²) in [4.78, 5) is 4.48. The quantitative estimate of drug-likeness (QED) is 0.195. The molecule has 2 N–H and O–H groups in total. The molecule has 0 radical (unpaired) electrons. The second kappa shape index (κ2) is 16.1. The van der Waals surface area contributed by atoms with Crippen molar-refractivity contribution in [1.29, 1.82) is 0 Å². The third kappa shape index (κ3) is 18.3. The molecule has 0 aliphatic rings. The van der Waals surface area contributed by atoms with Crippen molar-refractivity contribution in [3.05, 3.63) is 0 Å². The van der Waals surface area contributed by atoms with E-state index in [2.05, 4.69) is 21.9 Å². The fourth-order valence-electron chi connectivity index (χ4n) is 1.44. The summed E-state index contributed by atoms with van der Waals surface area (Å²) in [7, 11) is -2.94. The molecule has 0 atom stereocenters. The second-order valence-electron chi connectivity index (χ2n) is 4.63. The molecule has 0 bridgehead atoms. The molecule has 0 aliphatic heterocycles. The van der Waals surface area contributed by atoms with E-state index in [0.29, 0.717) is 13.2 Å². The zero-order valence-electron chi connectivity index (χ0n) is 13.8. The van der Waals surface area contributed by atoms with E-state index in [1.165, 1.54) is 18.4 Å². The van der Waals surface area contributed by atoms with Crippen LogP contribution in [0.2, 0.25) is 0 Å². The van der Waals surface area contributed by atoms with E-state index >= 15 is 0 Å². The van der Waals surface area contributed by atoms with Crippen LogP contribution in [0.5, 0.6) is 0 Å². The third-order valence-electron chi connectivity index (χ3n) is 2.51. The van der Waals surface area contributed by atoms with Crippen LogP contribution in [0, 0.1) is 0 Å². The van der Waals surface area contributed by atoms with Crippen LogP contribution in [0.3, 0.4) is 0 Å². The molecule has 0 aromatic heterocycles. The second-order valence-corrected chi connectivity index (χ2v) is 7.87. The molecule has 0 aliphatic carbocycles. The lowest BCUT2D eigenvalue weighted by molar-refractivity contribution is 0.154. The summed E-state index contributed by atoms with van der Waals surface area (Å²) in [5.74, 6) is 2.03. The average molecular weight is 467 g/mol. The van der Waals surface area contributed by atoms with Crippen molar-refractivity contribution in [2.24, 2.45) is 4.99 Å². The largest absolute Gasteiger partial charge is 0.379 e. The molecule has 0 rings (SSSR count). The lowest BCUT2D eigenvalue weighted by Crippen LogP contribution is -2.39. The number of unbranched alkanes of at least 4 members (excludes halogenated alkanes) is 1. The van der Waals surface area contributed by atoms with E-state index in [0.717, 1.165) is 25.5 Å². The van der Waals surface area contributed by atoms with Gasteiger partial charge in [-0.05, 0) is 31.8 Å². The van der Waals surface area contributed by atoms with Crippen molar-refractivity contribution >= 4 is 51.5 Å². The van der Waals surface area contributed by atoms with Gasteiger partial charge in [0.05, 0.1) is 19.0 Å². The minimum absolute atomic E-state index is 0. The maximum absolute atomic E-state index is 10.9. The van der Waals surface area contributed by atoms with Crippen LogP contribution in [-0.4, -0.2) is 71.2 Å². The number of guanidine groups is 1. The number of rotatable bonds is 12. The van der Waals surface area contributed by atoms with Gasteiger partial charge >= 0.3 is 0 Å². The van der Waals surface area contributed by atoms with Gasteiger partial charge in [0.15, 0.2) is 5.96 Å². The zero-order chi connectivity index (χ0) is 16.0. The number of thioether (sulfide) groups is 1. The molecule has 0 amide bonds. The summed E-state index contributed by atoms with van der Waals surface area (Å²) in [5, 5.41) is 6.34. The molecule has 6 nitrogen and oxygen atoms in total. The highest BCUT2D eigenvalue weighted by molar-refractivity contribution is 14.0. The van der Waals surface area contributed by atoms with Crippen molar-refractivity contribution in [2.75, 3.05) is 56.9 Å². The lowest BCUT2D eigenvalue weighted by Gasteiger charge is -2.11. The summed E-state index contributed by atoms with van der Waals surface area (Å²) >= 11 is 1.85. The van der Waals surface area contributed by atoms with Gasteiger partial charge in [0, 0.05) is 25.9 Å². The Balaban J connectivity index is 0. The number of aliphatic imine (C=N–C) groups is 1. The van der Waals surface area contributed by atoms with Crippen LogP contribution in [0.4, 0.5) is 0 Å². The summed E-state index contributed by atoms with van der Waals surface area (Å²) in [6, 6.07) is 0. The molecule has 9 heteroatoms. The third-order valence-corrected chi connectivity index (χ3v) is 4.11. The monoisotopic (exact) mass is 467 g/mol. The molecule has 0 saturated carbocycles. The van der Waals surface area contributed by atoms with E-state index < -0.39 is 9.84 Å². The number of nitrogens with zero attached hydrogens (tertiary/aromatic N) is 1. The average Bonchev–Trinajstić information content (AvgIpc) is 2.41. The molecular weight excluding hydrogens is 437 g/mol. The van der Waals surface area contributed by atoms with E-state index in [1.54, 1.807) is 0 Å². The maximum Gasteiger partial charge on any atom is 0.191 e.